The number of hydrogen-bond acceptors (Lipinski definition) is 3. The number of hydrogen-bond donors (Lipinski definition) is 0. The lowest BCUT2D eigenvalue weighted by Gasteiger charge is -2.20. The topological polar surface area (TPSA) is 39.2 Å². The minimum absolute atomic E-state index is 0.0592. The Labute approximate surface area is 119 Å². The Morgan fingerprint density at radius 2 is 1.95 bits per heavy atom. The Kier molecular flexibility index (Phi) is 3.89. The van der Waals surface area contributed by atoms with Gasteiger partial charge in [-0.1, -0.05) is 45.0 Å². The number of rotatable bonds is 2. The van der Waals surface area contributed by atoms with E-state index in [2.05, 4.69) is 37.9 Å². The highest BCUT2D eigenvalue weighted by Gasteiger charge is 2.17. The number of carbonyl (C=O) groups is 1. The lowest BCUT2D eigenvalue weighted by molar-refractivity contribution is 0.0601. The maximum atomic E-state index is 11.8. The van der Waals surface area contributed by atoms with Crippen molar-refractivity contribution in [3.05, 3.63) is 53.9 Å². The van der Waals surface area contributed by atoms with Gasteiger partial charge < -0.3 is 4.74 Å². The summed E-state index contributed by atoms with van der Waals surface area (Å²) in [6, 6.07) is 9.87. The summed E-state index contributed by atoms with van der Waals surface area (Å²) < 4.78 is 4.83. The van der Waals surface area contributed by atoms with E-state index in [1.807, 2.05) is 12.1 Å². The third-order valence-corrected chi connectivity index (χ3v) is 3.27. The molecular weight excluding hydrogens is 250 g/mol. The van der Waals surface area contributed by atoms with Crippen molar-refractivity contribution < 1.29 is 9.53 Å². The fourth-order valence-electron chi connectivity index (χ4n) is 2.07. The highest BCUT2D eigenvalue weighted by Crippen LogP contribution is 2.29. The molecule has 0 saturated carbocycles. The molecule has 0 bridgehead atoms. The predicted octanol–water partition coefficient (Wildman–Crippen LogP) is 3.83. The summed E-state index contributed by atoms with van der Waals surface area (Å²) in [5.74, 6) is -0.344. The standard InChI is InChI=1S/C17H19NO2/c1-17(2,3)13-7-5-6-12(10-13)15-11-18-9-8-14(15)16(19)20-4/h5-11H,1-4H3. The zero-order chi connectivity index (χ0) is 14.8. The van der Waals surface area contributed by atoms with Crippen molar-refractivity contribution in [2.24, 2.45) is 0 Å². The van der Waals surface area contributed by atoms with E-state index < -0.39 is 0 Å². The molecule has 0 atom stereocenters. The molecule has 0 unspecified atom stereocenters. The largest absolute Gasteiger partial charge is 0.465 e. The van der Waals surface area contributed by atoms with Gasteiger partial charge >= 0.3 is 5.97 Å². The molecule has 1 aromatic heterocycles. The van der Waals surface area contributed by atoms with Crippen LogP contribution in [0.2, 0.25) is 0 Å². The van der Waals surface area contributed by atoms with Crippen molar-refractivity contribution in [1.29, 1.82) is 0 Å². The van der Waals surface area contributed by atoms with Gasteiger partial charge in [-0.2, -0.15) is 0 Å². The van der Waals surface area contributed by atoms with Gasteiger partial charge in [0, 0.05) is 18.0 Å². The number of methoxy groups -OCH3 is 1. The van der Waals surface area contributed by atoms with Crippen LogP contribution in [0.5, 0.6) is 0 Å². The van der Waals surface area contributed by atoms with Crippen LogP contribution in [-0.2, 0) is 10.2 Å². The molecule has 0 aliphatic heterocycles. The summed E-state index contributed by atoms with van der Waals surface area (Å²) in [7, 11) is 1.39. The molecular formula is C17H19NO2. The van der Waals surface area contributed by atoms with Gasteiger partial charge in [0.1, 0.15) is 0 Å². The number of aromatic nitrogens is 1. The highest BCUT2D eigenvalue weighted by molar-refractivity contribution is 5.96. The Hall–Kier alpha value is -2.16. The molecule has 1 heterocycles. The predicted molar refractivity (Wildman–Crippen MR) is 79.7 cm³/mol. The van der Waals surface area contributed by atoms with Gasteiger partial charge in [0.25, 0.3) is 0 Å². The summed E-state index contributed by atoms with van der Waals surface area (Å²) in [5.41, 5.74) is 3.59. The zero-order valence-electron chi connectivity index (χ0n) is 12.3. The first-order valence-corrected chi connectivity index (χ1v) is 6.56. The average molecular weight is 269 g/mol. The van der Waals surface area contributed by atoms with Crippen molar-refractivity contribution in [2.45, 2.75) is 26.2 Å². The first-order chi connectivity index (χ1) is 9.43. The van der Waals surface area contributed by atoms with E-state index in [9.17, 15) is 4.79 Å². The van der Waals surface area contributed by atoms with E-state index in [4.69, 9.17) is 4.74 Å². The highest BCUT2D eigenvalue weighted by atomic mass is 16.5. The average Bonchev–Trinajstić information content (AvgIpc) is 2.45. The molecule has 0 N–H and O–H groups in total. The minimum atomic E-state index is -0.344. The second-order valence-corrected chi connectivity index (χ2v) is 5.74. The number of esters is 1. The SMILES string of the molecule is COC(=O)c1ccncc1-c1cccc(C(C)(C)C)c1. The van der Waals surface area contributed by atoms with Gasteiger partial charge in [0.05, 0.1) is 12.7 Å². The smallest absolute Gasteiger partial charge is 0.338 e. The van der Waals surface area contributed by atoms with Crippen molar-refractivity contribution in [3.63, 3.8) is 0 Å². The van der Waals surface area contributed by atoms with Crippen LogP contribution in [0.1, 0.15) is 36.7 Å². The molecule has 3 nitrogen and oxygen atoms in total. The Morgan fingerprint density at radius 1 is 1.20 bits per heavy atom. The van der Waals surface area contributed by atoms with E-state index >= 15 is 0 Å². The fraction of sp³-hybridized carbons (Fsp3) is 0.294. The van der Waals surface area contributed by atoms with Crippen molar-refractivity contribution in [2.75, 3.05) is 7.11 Å². The van der Waals surface area contributed by atoms with Gasteiger partial charge in [0.2, 0.25) is 0 Å². The maximum Gasteiger partial charge on any atom is 0.338 e. The lowest BCUT2D eigenvalue weighted by Crippen LogP contribution is -2.11. The van der Waals surface area contributed by atoms with E-state index in [-0.39, 0.29) is 11.4 Å². The fourth-order valence-corrected chi connectivity index (χ4v) is 2.07. The quantitative estimate of drug-likeness (QED) is 0.778. The second-order valence-electron chi connectivity index (χ2n) is 5.74. The van der Waals surface area contributed by atoms with Gasteiger partial charge in [-0.05, 0) is 22.6 Å². The third-order valence-electron chi connectivity index (χ3n) is 3.27. The number of carbonyl (C=O) groups excluding carboxylic acids is 1. The van der Waals surface area contributed by atoms with Crippen LogP contribution in [0.4, 0.5) is 0 Å². The number of pyridine rings is 1. The van der Waals surface area contributed by atoms with Gasteiger partial charge in [0.15, 0.2) is 0 Å². The monoisotopic (exact) mass is 269 g/mol. The van der Waals surface area contributed by atoms with Gasteiger partial charge in [-0.15, -0.1) is 0 Å². The molecule has 0 amide bonds. The van der Waals surface area contributed by atoms with Crippen molar-refractivity contribution >= 4 is 5.97 Å². The second kappa shape index (κ2) is 5.45. The van der Waals surface area contributed by atoms with Crippen LogP contribution in [0.15, 0.2) is 42.7 Å². The van der Waals surface area contributed by atoms with Crippen molar-refractivity contribution in [3.8, 4) is 11.1 Å². The number of ether oxygens (including phenoxy) is 1. The van der Waals surface area contributed by atoms with Gasteiger partial charge in [-0.3, -0.25) is 4.98 Å². The first-order valence-electron chi connectivity index (χ1n) is 6.56. The Balaban J connectivity index is 2.55. The van der Waals surface area contributed by atoms with Crippen LogP contribution >= 0.6 is 0 Å². The summed E-state index contributed by atoms with van der Waals surface area (Å²) in [6.45, 7) is 6.49. The summed E-state index contributed by atoms with van der Waals surface area (Å²) in [6.07, 6.45) is 3.30. The van der Waals surface area contributed by atoms with Crippen LogP contribution < -0.4 is 0 Å². The molecule has 104 valence electrons. The Bertz CT molecular complexity index is 627. The Morgan fingerprint density at radius 3 is 2.60 bits per heavy atom. The summed E-state index contributed by atoms with van der Waals surface area (Å²) >= 11 is 0. The molecule has 2 aromatic rings. The molecule has 3 heteroatoms. The van der Waals surface area contributed by atoms with Crippen LogP contribution in [0, 0.1) is 0 Å². The molecule has 0 saturated heterocycles. The normalized spacial score (nSPS) is 11.2. The van der Waals surface area contributed by atoms with Crippen LogP contribution in [0.3, 0.4) is 0 Å². The van der Waals surface area contributed by atoms with Crippen molar-refractivity contribution in [1.82, 2.24) is 4.98 Å². The van der Waals surface area contributed by atoms with Crippen LogP contribution in [-0.4, -0.2) is 18.1 Å². The molecule has 0 aliphatic carbocycles. The van der Waals surface area contributed by atoms with Crippen LogP contribution in [0.25, 0.3) is 11.1 Å². The van der Waals surface area contributed by atoms with E-state index in [1.54, 1.807) is 18.5 Å². The molecule has 0 spiro atoms. The van der Waals surface area contributed by atoms with E-state index in [0.29, 0.717) is 5.56 Å². The van der Waals surface area contributed by atoms with E-state index in [0.717, 1.165) is 11.1 Å². The molecule has 0 radical (unpaired) electrons. The third kappa shape index (κ3) is 2.87. The molecule has 2 rings (SSSR count). The molecule has 1 aromatic carbocycles. The minimum Gasteiger partial charge on any atom is -0.465 e. The van der Waals surface area contributed by atoms with E-state index in [1.165, 1.54) is 12.7 Å². The summed E-state index contributed by atoms with van der Waals surface area (Å²) in [4.78, 5) is 16.0. The van der Waals surface area contributed by atoms with Gasteiger partial charge in [-0.25, -0.2) is 4.79 Å². The number of nitrogens with zero attached hydrogens (tertiary/aromatic N) is 1. The zero-order valence-corrected chi connectivity index (χ0v) is 12.3. The molecule has 20 heavy (non-hydrogen) atoms. The lowest BCUT2D eigenvalue weighted by atomic mass is 9.85. The maximum absolute atomic E-state index is 11.8. The molecule has 0 aliphatic rings. The first kappa shape index (κ1) is 14.3. The molecule has 0 fully saturated rings. The number of benzene rings is 1. The summed E-state index contributed by atoms with van der Waals surface area (Å²) in [5, 5.41) is 0.